The van der Waals surface area contributed by atoms with Gasteiger partial charge in [-0.2, -0.15) is 25.3 Å². The third kappa shape index (κ3) is 11.4. The smallest absolute Gasteiger partial charge is 0.322 e. The van der Waals surface area contributed by atoms with Crippen LogP contribution in [0, 0.1) is 0 Å². The topological polar surface area (TPSA) is 321 Å². The van der Waals surface area contributed by atoms with E-state index < -0.39 is 69.8 Å². The molecule has 23 heteroatoms. The number of nitrogens with one attached hydrogen (secondary N) is 6. The van der Waals surface area contributed by atoms with Crippen molar-refractivity contribution in [2.75, 3.05) is 31.9 Å². The molecule has 0 saturated carbocycles. The maximum Gasteiger partial charge on any atom is 0.323 e. The minimum atomic E-state index is -4.83. The van der Waals surface area contributed by atoms with Crippen molar-refractivity contribution in [1.82, 2.24) is 0 Å². The quantitative estimate of drug-likeness (QED) is 0.0490. The zero-order chi connectivity index (χ0) is 51.5. The zero-order valence-electron chi connectivity index (χ0n) is 36.6. The number of benzene rings is 8. The lowest BCUT2D eigenvalue weighted by Crippen LogP contribution is -2.20. The van der Waals surface area contributed by atoms with Gasteiger partial charge in [0.1, 0.15) is 9.79 Å². The van der Waals surface area contributed by atoms with E-state index in [1.807, 2.05) is 0 Å². The van der Waals surface area contributed by atoms with Crippen molar-refractivity contribution in [2.24, 2.45) is 0 Å². The Balaban J connectivity index is 0.810. The zero-order valence-corrected chi connectivity index (χ0v) is 39.1. The van der Waals surface area contributed by atoms with Crippen molar-refractivity contribution >= 4 is 116 Å². The molecule has 0 saturated heterocycles. The van der Waals surface area contributed by atoms with Gasteiger partial charge in [-0.25, -0.2) is 4.79 Å². The molecule has 0 heterocycles. The minimum absolute atomic E-state index is 0.0468. The molecule has 0 aliphatic heterocycles. The van der Waals surface area contributed by atoms with Crippen molar-refractivity contribution in [2.45, 2.75) is 14.7 Å². The first-order chi connectivity index (χ1) is 34.1. The Kier molecular flexibility index (Phi) is 13.7. The lowest BCUT2D eigenvalue weighted by molar-refractivity contribution is 0.101. The first kappa shape index (κ1) is 49.6. The number of hydrogen-bond donors (Lipinski definition) is 9. The molecule has 0 spiro atoms. The van der Waals surface area contributed by atoms with Crippen LogP contribution in [0.15, 0.2) is 178 Å². The molecule has 8 rings (SSSR count). The minimum Gasteiger partial charge on any atom is -0.322 e. The first-order valence-electron chi connectivity index (χ1n) is 20.9. The predicted molar refractivity (Wildman–Crippen MR) is 268 cm³/mol. The molecular formula is C49H36N6O14S3. The highest BCUT2D eigenvalue weighted by atomic mass is 32.2. The lowest BCUT2D eigenvalue weighted by Gasteiger charge is -2.13. The SMILES string of the molecule is O=C(Nc1ccc(C(=O)Nc2ccc(C(=O)Nc3ccc(S(=O)(=O)O)c4cc(S(=O)(=O)O)ccc34)cc2)cc1)Nc1ccc(C(=O)Nc2ccc(C(=O)Nc3cccc4cccc(S(=O)(=O)O)c34)cc2)cc1. The van der Waals surface area contributed by atoms with Gasteiger partial charge in [0.15, 0.2) is 0 Å². The summed E-state index contributed by atoms with van der Waals surface area (Å²) >= 11 is 0. The molecule has 6 amide bonds. The van der Waals surface area contributed by atoms with Crippen LogP contribution in [0.5, 0.6) is 0 Å². The van der Waals surface area contributed by atoms with Gasteiger partial charge in [0.2, 0.25) is 0 Å². The van der Waals surface area contributed by atoms with E-state index in [0.29, 0.717) is 28.1 Å². The maximum atomic E-state index is 13.2. The molecule has 0 atom stereocenters. The van der Waals surface area contributed by atoms with Gasteiger partial charge in [-0.1, -0.05) is 30.3 Å². The summed E-state index contributed by atoms with van der Waals surface area (Å²) in [6.45, 7) is 0. The van der Waals surface area contributed by atoms with Crippen LogP contribution in [0.4, 0.5) is 38.9 Å². The molecule has 8 aromatic carbocycles. The summed E-state index contributed by atoms with van der Waals surface area (Å²) in [6.07, 6.45) is 0. The van der Waals surface area contributed by atoms with Crippen molar-refractivity contribution in [3.8, 4) is 0 Å². The molecule has 9 N–H and O–H groups in total. The molecule has 0 aliphatic carbocycles. The Morgan fingerprint density at radius 3 is 1.18 bits per heavy atom. The average molecular weight is 1030 g/mol. The summed E-state index contributed by atoms with van der Waals surface area (Å²) in [4.78, 5) is 63.4. The Morgan fingerprint density at radius 1 is 0.347 bits per heavy atom. The maximum absolute atomic E-state index is 13.2. The van der Waals surface area contributed by atoms with Gasteiger partial charge in [0.05, 0.1) is 10.6 Å². The standard InChI is InChI=1S/C49H36N6O14S3/c56-45(50-33-15-7-31(8-16-33)47(58)54-40-25-26-42(71(64,65)66)39-27-37(70(61,62)63)23-24-38(39)40)29-11-19-35(20-12-29)52-49(60)53-36-21-13-30(14-22-36)46(57)51-34-17-9-32(10-18-34)48(59)55-41-5-1-3-28-4-2-6-43(44(28)41)72(67,68)69/h1-27H,(H,50,56)(H,51,57)(H,54,58)(H,55,59)(H2,52,53,60)(H,61,62,63)(H,64,65,66)(H,67,68,69). The molecule has 20 nitrogen and oxygen atoms in total. The summed E-state index contributed by atoms with van der Waals surface area (Å²) in [5.41, 5.74) is 2.43. The number of fused-ring (bicyclic) bond motifs is 2. The van der Waals surface area contributed by atoms with Gasteiger partial charge in [-0.05, 0) is 139 Å². The molecule has 0 fully saturated rings. The fraction of sp³-hybridized carbons (Fsp3) is 0. The monoisotopic (exact) mass is 1030 g/mol. The second-order valence-electron chi connectivity index (χ2n) is 15.6. The number of rotatable bonds is 13. The summed E-state index contributed by atoms with van der Waals surface area (Å²) < 4.78 is 100. The van der Waals surface area contributed by atoms with E-state index >= 15 is 0 Å². The van der Waals surface area contributed by atoms with Crippen molar-refractivity contribution in [1.29, 1.82) is 0 Å². The summed E-state index contributed by atoms with van der Waals surface area (Å²) in [5.74, 6) is -2.22. The van der Waals surface area contributed by atoms with E-state index in [1.165, 1.54) is 121 Å². The van der Waals surface area contributed by atoms with Gasteiger partial charge < -0.3 is 31.9 Å². The molecule has 72 heavy (non-hydrogen) atoms. The van der Waals surface area contributed by atoms with E-state index in [1.54, 1.807) is 18.2 Å². The second-order valence-corrected chi connectivity index (χ2v) is 19.8. The number of amides is 6. The first-order valence-corrected chi connectivity index (χ1v) is 25.2. The largest absolute Gasteiger partial charge is 0.323 e. The number of urea groups is 1. The van der Waals surface area contributed by atoms with Crippen LogP contribution >= 0.6 is 0 Å². The van der Waals surface area contributed by atoms with E-state index in [4.69, 9.17) is 0 Å². The molecule has 0 aliphatic rings. The second kappa shape index (κ2) is 19.9. The number of carbonyl (C=O) groups is 5. The van der Waals surface area contributed by atoms with Crippen LogP contribution in [0.2, 0.25) is 0 Å². The van der Waals surface area contributed by atoms with E-state index in [9.17, 15) is 62.9 Å². The molecule has 0 unspecified atom stereocenters. The van der Waals surface area contributed by atoms with Crippen LogP contribution < -0.4 is 31.9 Å². The molecule has 0 bridgehead atoms. The number of carbonyl (C=O) groups excluding carboxylic acids is 5. The van der Waals surface area contributed by atoms with Crippen LogP contribution in [0.3, 0.4) is 0 Å². The van der Waals surface area contributed by atoms with Crippen LogP contribution in [0.1, 0.15) is 41.4 Å². The van der Waals surface area contributed by atoms with Crippen LogP contribution in [0.25, 0.3) is 21.5 Å². The number of hydrogen-bond acceptors (Lipinski definition) is 11. The molecule has 0 aromatic heterocycles. The summed E-state index contributed by atoms with van der Waals surface area (Å²) in [6, 6.07) is 37.3. The molecular weight excluding hydrogens is 993 g/mol. The average Bonchev–Trinajstić information content (AvgIpc) is 3.33. The lowest BCUT2D eigenvalue weighted by atomic mass is 10.1. The van der Waals surface area contributed by atoms with E-state index in [0.717, 1.165) is 24.3 Å². The summed E-state index contributed by atoms with van der Waals surface area (Å²) in [7, 11) is -14.2. The van der Waals surface area contributed by atoms with Crippen LogP contribution in [-0.4, -0.2) is 68.6 Å². The Bertz CT molecular complexity index is 3850. The predicted octanol–water partition coefficient (Wildman–Crippen LogP) is 8.39. The Labute approximate surface area is 409 Å². The Hall–Kier alpha value is -8.84. The highest BCUT2D eigenvalue weighted by Gasteiger charge is 2.22. The molecule has 364 valence electrons. The van der Waals surface area contributed by atoms with Crippen molar-refractivity contribution in [3.63, 3.8) is 0 Å². The highest BCUT2D eigenvalue weighted by molar-refractivity contribution is 7.86. The molecule has 0 radical (unpaired) electrons. The van der Waals surface area contributed by atoms with Gasteiger partial charge in [0, 0.05) is 66.8 Å². The third-order valence-corrected chi connectivity index (χ3v) is 13.4. The van der Waals surface area contributed by atoms with Crippen molar-refractivity contribution < 1.29 is 62.9 Å². The van der Waals surface area contributed by atoms with Crippen LogP contribution in [-0.2, 0) is 30.4 Å². The normalized spacial score (nSPS) is 11.6. The highest BCUT2D eigenvalue weighted by Crippen LogP contribution is 2.33. The van der Waals surface area contributed by atoms with Gasteiger partial charge in [0.25, 0.3) is 54.0 Å². The third-order valence-electron chi connectivity index (χ3n) is 10.8. The van der Waals surface area contributed by atoms with Gasteiger partial charge in [-0.3, -0.25) is 32.8 Å². The van der Waals surface area contributed by atoms with E-state index in [2.05, 4.69) is 31.9 Å². The van der Waals surface area contributed by atoms with Gasteiger partial charge in [-0.15, -0.1) is 0 Å². The van der Waals surface area contributed by atoms with Gasteiger partial charge >= 0.3 is 6.03 Å². The summed E-state index contributed by atoms with van der Waals surface area (Å²) in [5, 5.41) is 16.4. The number of anilines is 6. The fourth-order valence-corrected chi connectivity index (χ4v) is 9.26. The Morgan fingerprint density at radius 2 is 0.750 bits per heavy atom. The van der Waals surface area contributed by atoms with E-state index in [-0.39, 0.29) is 54.7 Å². The molecule has 8 aromatic rings. The van der Waals surface area contributed by atoms with Crippen molar-refractivity contribution in [3.05, 3.63) is 186 Å². The fourth-order valence-electron chi connectivity index (χ4n) is 7.33.